The zero-order valence-corrected chi connectivity index (χ0v) is 11.4. The van der Waals surface area contributed by atoms with Crippen LogP contribution in [0.15, 0.2) is 27.2 Å². The first-order valence-electron chi connectivity index (χ1n) is 4.77. The minimum Gasteiger partial charge on any atom is -0.496 e. The van der Waals surface area contributed by atoms with Crippen LogP contribution in [0.2, 0.25) is 5.02 Å². The minimum atomic E-state index is -1.23. The second-order valence-corrected chi connectivity index (χ2v) is 4.56. The average Bonchev–Trinajstić information content (AvgIpc) is 2.71. The van der Waals surface area contributed by atoms with Crippen molar-refractivity contribution in [2.75, 3.05) is 7.11 Å². The van der Waals surface area contributed by atoms with Gasteiger partial charge in [-0.3, -0.25) is 0 Å². The highest BCUT2D eigenvalue weighted by Crippen LogP contribution is 2.35. The number of carbonyl (C=O) groups is 1. The maximum atomic E-state index is 10.8. The van der Waals surface area contributed by atoms with Gasteiger partial charge in [-0.25, -0.2) is 4.79 Å². The first-order valence-corrected chi connectivity index (χ1v) is 5.94. The molecule has 0 aliphatic carbocycles. The predicted molar refractivity (Wildman–Crippen MR) is 68.2 cm³/mol. The summed E-state index contributed by atoms with van der Waals surface area (Å²) in [5, 5.41) is 12.2. The summed E-state index contributed by atoms with van der Waals surface area (Å²) in [7, 11) is 1.55. The quantitative estimate of drug-likeness (QED) is 0.932. The molecular weight excluding hydrogens is 325 g/mol. The lowest BCUT2D eigenvalue weighted by molar-refractivity contribution is 0.0686. The lowest BCUT2D eigenvalue weighted by atomic mass is 10.1. The van der Waals surface area contributed by atoms with Gasteiger partial charge in [0.05, 0.1) is 11.6 Å². The topological polar surface area (TPSA) is 72.6 Å². The van der Waals surface area contributed by atoms with Crippen LogP contribution in [0.5, 0.6) is 5.75 Å². The van der Waals surface area contributed by atoms with Gasteiger partial charge in [0.2, 0.25) is 5.69 Å². The van der Waals surface area contributed by atoms with Gasteiger partial charge in [-0.2, -0.15) is 0 Å². The van der Waals surface area contributed by atoms with Crippen LogP contribution in [0.1, 0.15) is 10.5 Å². The molecule has 0 spiro atoms. The number of halogens is 2. The van der Waals surface area contributed by atoms with Crippen LogP contribution in [-0.4, -0.2) is 23.3 Å². The molecule has 0 amide bonds. The van der Waals surface area contributed by atoms with E-state index in [2.05, 4.69) is 21.1 Å². The Morgan fingerprint density at radius 3 is 2.78 bits per heavy atom. The normalized spacial score (nSPS) is 10.4. The van der Waals surface area contributed by atoms with E-state index in [4.69, 9.17) is 26.0 Å². The van der Waals surface area contributed by atoms with Crippen molar-refractivity contribution in [3.8, 4) is 17.1 Å². The molecule has 7 heteroatoms. The minimum absolute atomic E-state index is 0.0282. The third kappa shape index (κ3) is 2.21. The van der Waals surface area contributed by atoms with E-state index in [1.54, 1.807) is 25.3 Å². The van der Waals surface area contributed by atoms with E-state index in [-0.39, 0.29) is 16.5 Å². The smallest absolute Gasteiger partial charge is 0.359 e. The van der Waals surface area contributed by atoms with Crippen molar-refractivity contribution in [3.63, 3.8) is 0 Å². The van der Waals surface area contributed by atoms with Crippen molar-refractivity contribution in [3.05, 3.63) is 33.4 Å². The fraction of sp³-hybridized carbons (Fsp3) is 0.0909. The monoisotopic (exact) mass is 331 g/mol. The van der Waals surface area contributed by atoms with Crippen LogP contribution in [0, 0.1) is 0 Å². The van der Waals surface area contributed by atoms with Gasteiger partial charge in [0, 0.05) is 5.56 Å². The molecule has 0 saturated carbocycles. The Hall–Kier alpha value is -1.53. The molecule has 18 heavy (non-hydrogen) atoms. The third-order valence-electron chi connectivity index (χ3n) is 2.25. The summed E-state index contributed by atoms with van der Waals surface area (Å²) >= 11 is 9.21. The molecule has 1 heterocycles. The van der Waals surface area contributed by atoms with Crippen LogP contribution >= 0.6 is 27.5 Å². The standard InChI is InChI=1S/C11H7BrClNO4/c1-17-7-3-2-5(4-6(7)12)10-8(13)9(11(15)16)14-18-10/h2-4H,1H3,(H,15,16). The van der Waals surface area contributed by atoms with Crippen molar-refractivity contribution >= 4 is 33.5 Å². The lowest BCUT2D eigenvalue weighted by Gasteiger charge is -2.04. The van der Waals surface area contributed by atoms with Gasteiger partial charge in [-0.05, 0) is 34.1 Å². The molecule has 2 aromatic rings. The first-order chi connectivity index (χ1) is 8.54. The lowest BCUT2D eigenvalue weighted by Crippen LogP contribution is -1.96. The Labute approximate surface area is 115 Å². The third-order valence-corrected chi connectivity index (χ3v) is 3.22. The van der Waals surface area contributed by atoms with Gasteiger partial charge in [-0.15, -0.1) is 0 Å². The summed E-state index contributed by atoms with van der Waals surface area (Å²) in [6.07, 6.45) is 0. The van der Waals surface area contributed by atoms with Crippen molar-refractivity contribution in [2.45, 2.75) is 0 Å². The number of aromatic carboxylic acids is 1. The molecule has 0 saturated heterocycles. The van der Waals surface area contributed by atoms with Gasteiger partial charge >= 0.3 is 5.97 Å². The number of carboxylic acids is 1. The number of methoxy groups -OCH3 is 1. The highest BCUT2D eigenvalue weighted by molar-refractivity contribution is 9.10. The van der Waals surface area contributed by atoms with E-state index >= 15 is 0 Å². The van der Waals surface area contributed by atoms with E-state index in [9.17, 15) is 4.79 Å². The second kappa shape index (κ2) is 4.99. The van der Waals surface area contributed by atoms with Gasteiger partial charge in [0.25, 0.3) is 0 Å². The summed E-state index contributed by atoms with van der Waals surface area (Å²) in [6, 6.07) is 5.11. The Kier molecular flexibility index (Phi) is 3.58. The van der Waals surface area contributed by atoms with Gasteiger partial charge in [-0.1, -0.05) is 16.8 Å². The number of carboxylic acid groups (broad SMARTS) is 1. The summed E-state index contributed by atoms with van der Waals surface area (Å²) < 4.78 is 10.7. The summed E-state index contributed by atoms with van der Waals surface area (Å²) in [5.74, 6) is -0.382. The molecule has 94 valence electrons. The summed E-state index contributed by atoms with van der Waals surface area (Å²) in [4.78, 5) is 10.8. The molecule has 2 rings (SSSR count). The molecule has 1 N–H and O–H groups in total. The number of ether oxygens (including phenoxy) is 1. The van der Waals surface area contributed by atoms with Crippen molar-refractivity contribution in [1.82, 2.24) is 5.16 Å². The molecule has 0 bridgehead atoms. The second-order valence-electron chi connectivity index (χ2n) is 3.33. The maximum absolute atomic E-state index is 10.8. The Balaban J connectivity index is 2.49. The average molecular weight is 333 g/mol. The molecule has 0 radical (unpaired) electrons. The van der Waals surface area contributed by atoms with Gasteiger partial charge in [0.15, 0.2) is 5.76 Å². The maximum Gasteiger partial charge on any atom is 0.359 e. The predicted octanol–water partition coefficient (Wildman–Crippen LogP) is 3.46. The van der Waals surface area contributed by atoms with Crippen LogP contribution in [0.3, 0.4) is 0 Å². The van der Waals surface area contributed by atoms with Crippen molar-refractivity contribution in [2.24, 2.45) is 0 Å². The molecule has 0 fully saturated rings. The van der Waals surface area contributed by atoms with E-state index < -0.39 is 5.97 Å². The molecule has 0 aliphatic rings. The Morgan fingerprint density at radius 1 is 1.56 bits per heavy atom. The summed E-state index contributed by atoms with van der Waals surface area (Å²) in [5.41, 5.74) is 0.297. The molecule has 1 aromatic carbocycles. The highest BCUT2D eigenvalue weighted by Gasteiger charge is 2.21. The molecule has 0 atom stereocenters. The van der Waals surface area contributed by atoms with Crippen LogP contribution in [0.25, 0.3) is 11.3 Å². The molecule has 0 aliphatic heterocycles. The fourth-order valence-electron chi connectivity index (χ4n) is 1.40. The Morgan fingerprint density at radius 2 is 2.28 bits per heavy atom. The fourth-order valence-corrected chi connectivity index (χ4v) is 2.20. The van der Waals surface area contributed by atoms with Crippen LogP contribution in [-0.2, 0) is 0 Å². The van der Waals surface area contributed by atoms with Gasteiger partial charge in [0.1, 0.15) is 10.8 Å². The largest absolute Gasteiger partial charge is 0.496 e. The van der Waals surface area contributed by atoms with Crippen LogP contribution in [0.4, 0.5) is 0 Å². The molecular formula is C11H7BrClNO4. The van der Waals surface area contributed by atoms with E-state index in [0.717, 1.165) is 0 Å². The number of hydrogen-bond acceptors (Lipinski definition) is 4. The number of rotatable bonds is 3. The zero-order valence-electron chi connectivity index (χ0n) is 9.11. The zero-order chi connectivity index (χ0) is 13.3. The SMILES string of the molecule is COc1ccc(-c2onc(C(=O)O)c2Cl)cc1Br. The van der Waals surface area contributed by atoms with E-state index in [1.807, 2.05) is 0 Å². The summed E-state index contributed by atoms with van der Waals surface area (Å²) in [6.45, 7) is 0. The molecule has 1 aromatic heterocycles. The van der Waals surface area contributed by atoms with Crippen molar-refractivity contribution in [1.29, 1.82) is 0 Å². The number of hydrogen-bond donors (Lipinski definition) is 1. The van der Waals surface area contributed by atoms with E-state index in [0.29, 0.717) is 15.8 Å². The molecule has 0 unspecified atom stereocenters. The number of aromatic nitrogens is 1. The van der Waals surface area contributed by atoms with E-state index in [1.165, 1.54) is 0 Å². The first kappa shape index (κ1) is 12.9. The molecule has 5 nitrogen and oxygen atoms in total. The Bertz CT molecular complexity index is 611. The highest BCUT2D eigenvalue weighted by atomic mass is 79.9. The van der Waals surface area contributed by atoms with Gasteiger partial charge < -0.3 is 14.4 Å². The van der Waals surface area contributed by atoms with Crippen molar-refractivity contribution < 1.29 is 19.2 Å². The number of benzene rings is 1. The van der Waals surface area contributed by atoms with Crippen LogP contribution < -0.4 is 4.74 Å². The number of nitrogens with zero attached hydrogens (tertiary/aromatic N) is 1.